The van der Waals surface area contributed by atoms with Crippen LogP contribution in [0.15, 0.2) is 0 Å². The van der Waals surface area contributed by atoms with E-state index in [2.05, 4.69) is 10.2 Å². The summed E-state index contributed by atoms with van der Waals surface area (Å²) < 4.78 is 0. The number of nitrogens with zero attached hydrogens (tertiary/aromatic N) is 2. The molecule has 1 aromatic heterocycles. The van der Waals surface area contributed by atoms with E-state index in [0.717, 1.165) is 12.8 Å². The molecule has 1 aromatic rings. The summed E-state index contributed by atoms with van der Waals surface area (Å²) in [5.74, 6) is 0. The number of aromatic nitrogens is 2. The number of aryl methyl sites for hydroxylation is 2. The quantitative estimate of drug-likeness (QED) is 0.574. The molecule has 0 spiro atoms. The summed E-state index contributed by atoms with van der Waals surface area (Å²) in [6, 6.07) is 0. The minimum atomic E-state index is 1.15. The number of rotatable bonds is 0. The van der Waals surface area contributed by atoms with E-state index in [1.54, 1.807) is 11.1 Å². The van der Waals surface area contributed by atoms with Gasteiger partial charge < -0.3 is 0 Å². The summed E-state index contributed by atoms with van der Waals surface area (Å²) >= 11 is 0. The van der Waals surface area contributed by atoms with E-state index in [0.29, 0.717) is 0 Å². The first-order valence-corrected chi connectivity index (χ1v) is 4.81. The molecule has 62 valence electrons. The first-order chi connectivity index (χ1) is 5.95. The maximum atomic E-state index is 4.23. The van der Waals surface area contributed by atoms with Crippen LogP contribution in [0.5, 0.6) is 0 Å². The van der Waals surface area contributed by atoms with E-state index >= 15 is 0 Å². The predicted octanol–water partition coefficient (Wildman–Crippen LogP) is 1.45. The van der Waals surface area contributed by atoms with Crippen molar-refractivity contribution in [3.8, 4) is 0 Å². The van der Waals surface area contributed by atoms with Gasteiger partial charge in [-0.3, -0.25) is 0 Å². The SMILES string of the molecule is C1CCc2c3nnc(c2C1)CC3. The van der Waals surface area contributed by atoms with Gasteiger partial charge in [-0.2, -0.15) is 10.2 Å². The van der Waals surface area contributed by atoms with Crippen molar-refractivity contribution < 1.29 is 0 Å². The van der Waals surface area contributed by atoms with Crippen LogP contribution in [0.2, 0.25) is 0 Å². The highest BCUT2D eigenvalue weighted by atomic mass is 15.1. The lowest BCUT2D eigenvalue weighted by Crippen LogP contribution is -2.20. The fourth-order valence-electron chi connectivity index (χ4n) is 2.42. The Balaban J connectivity index is 2.25. The summed E-state index contributed by atoms with van der Waals surface area (Å²) in [6.07, 6.45) is 7.52. The van der Waals surface area contributed by atoms with E-state index in [9.17, 15) is 0 Å². The zero-order chi connectivity index (χ0) is 7.97. The minimum absolute atomic E-state index is 1.15. The Hall–Kier alpha value is -0.920. The van der Waals surface area contributed by atoms with Gasteiger partial charge in [-0.25, -0.2) is 0 Å². The molecule has 2 nitrogen and oxygen atoms in total. The molecule has 2 bridgehead atoms. The van der Waals surface area contributed by atoms with Crippen LogP contribution in [0, 0.1) is 0 Å². The van der Waals surface area contributed by atoms with Gasteiger partial charge in [0, 0.05) is 0 Å². The molecule has 2 heterocycles. The number of hydrogen-bond acceptors (Lipinski definition) is 2. The Morgan fingerprint density at radius 1 is 0.667 bits per heavy atom. The Morgan fingerprint density at radius 3 is 1.58 bits per heavy atom. The zero-order valence-corrected chi connectivity index (χ0v) is 7.14. The lowest BCUT2D eigenvalue weighted by molar-refractivity contribution is 0.614. The van der Waals surface area contributed by atoms with Crippen LogP contribution in [0.3, 0.4) is 0 Å². The molecule has 0 N–H and O–H groups in total. The zero-order valence-electron chi connectivity index (χ0n) is 7.14. The molecular formula is C10H12N2. The van der Waals surface area contributed by atoms with Gasteiger partial charge in [-0.15, -0.1) is 0 Å². The normalized spacial score (nSPS) is 19.3. The average Bonchev–Trinajstić information content (AvgIpc) is 2.20. The second kappa shape index (κ2) is 2.28. The van der Waals surface area contributed by atoms with Gasteiger partial charge in [0.15, 0.2) is 0 Å². The number of fused-ring (bicyclic) bond motifs is 2. The van der Waals surface area contributed by atoms with Crippen molar-refractivity contribution >= 4 is 0 Å². The Labute approximate surface area is 72.0 Å². The van der Waals surface area contributed by atoms with Crippen molar-refractivity contribution in [2.24, 2.45) is 0 Å². The van der Waals surface area contributed by atoms with Crippen molar-refractivity contribution in [1.82, 2.24) is 10.2 Å². The van der Waals surface area contributed by atoms with E-state index in [4.69, 9.17) is 0 Å². The summed E-state index contributed by atoms with van der Waals surface area (Å²) in [6.45, 7) is 0. The topological polar surface area (TPSA) is 25.8 Å². The van der Waals surface area contributed by atoms with Crippen molar-refractivity contribution in [2.75, 3.05) is 0 Å². The van der Waals surface area contributed by atoms with Crippen molar-refractivity contribution in [1.29, 1.82) is 0 Å². The molecule has 0 radical (unpaired) electrons. The van der Waals surface area contributed by atoms with Crippen molar-refractivity contribution in [2.45, 2.75) is 38.5 Å². The monoisotopic (exact) mass is 160 g/mol. The molecular weight excluding hydrogens is 148 g/mol. The third kappa shape index (κ3) is 0.752. The molecule has 3 aliphatic rings. The lowest BCUT2D eigenvalue weighted by Gasteiger charge is -2.24. The summed E-state index contributed by atoms with van der Waals surface area (Å²) in [4.78, 5) is 0. The standard InChI is InChI=1S/C10H12N2/c1-2-4-8-7(3-1)9-5-6-10(8)12-11-9/h1-6H2. The molecule has 1 aliphatic heterocycles. The fraction of sp³-hybridized carbons (Fsp3) is 0.600. The van der Waals surface area contributed by atoms with Gasteiger partial charge >= 0.3 is 0 Å². The van der Waals surface area contributed by atoms with E-state index in [1.807, 2.05) is 0 Å². The highest BCUT2D eigenvalue weighted by Gasteiger charge is 2.23. The van der Waals surface area contributed by atoms with Gasteiger partial charge in [0.25, 0.3) is 0 Å². The van der Waals surface area contributed by atoms with Gasteiger partial charge in [0.2, 0.25) is 0 Å². The van der Waals surface area contributed by atoms with Crippen LogP contribution >= 0.6 is 0 Å². The van der Waals surface area contributed by atoms with Crippen LogP contribution in [-0.2, 0) is 25.7 Å². The third-order valence-electron chi connectivity index (χ3n) is 3.05. The highest BCUT2D eigenvalue weighted by Crippen LogP contribution is 2.29. The molecule has 0 saturated heterocycles. The molecule has 2 aliphatic carbocycles. The minimum Gasteiger partial charge on any atom is -0.155 e. The second-order valence-corrected chi connectivity index (χ2v) is 3.76. The highest BCUT2D eigenvalue weighted by molar-refractivity contribution is 5.39. The van der Waals surface area contributed by atoms with Crippen LogP contribution < -0.4 is 0 Å². The van der Waals surface area contributed by atoms with Crippen LogP contribution in [0.1, 0.15) is 35.4 Å². The molecule has 0 fully saturated rings. The van der Waals surface area contributed by atoms with Gasteiger partial charge in [0.1, 0.15) is 0 Å². The van der Waals surface area contributed by atoms with Crippen LogP contribution in [0.4, 0.5) is 0 Å². The maximum absolute atomic E-state index is 4.23. The molecule has 12 heavy (non-hydrogen) atoms. The van der Waals surface area contributed by atoms with Crippen molar-refractivity contribution in [3.05, 3.63) is 22.5 Å². The average molecular weight is 160 g/mol. The smallest absolute Gasteiger partial charge is 0.0669 e. The first-order valence-electron chi connectivity index (χ1n) is 4.81. The fourth-order valence-corrected chi connectivity index (χ4v) is 2.42. The lowest BCUT2D eigenvalue weighted by atomic mass is 9.84. The van der Waals surface area contributed by atoms with Crippen LogP contribution in [-0.4, -0.2) is 10.2 Å². The molecule has 2 heteroatoms. The maximum Gasteiger partial charge on any atom is 0.0669 e. The largest absolute Gasteiger partial charge is 0.155 e. The molecule has 0 amide bonds. The van der Waals surface area contributed by atoms with Gasteiger partial charge in [0.05, 0.1) is 11.4 Å². The molecule has 4 rings (SSSR count). The molecule has 0 unspecified atom stereocenters. The Morgan fingerprint density at radius 2 is 1.17 bits per heavy atom. The molecule has 0 saturated carbocycles. The Bertz CT molecular complexity index is 298. The van der Waals surface area contributed by atoms with Crippen molar-refractivity contribution in [3.63, 3.8) is 0 Å². The first kappa shape index (κ1) is 6.58. The third-order valence-corrected chi connectivity index (χ3v) is 3.05. The van der Waals surface area contributed by atoms with E-state index in [-0.39, 0.29) is 0 Å². The summed E-state index contributed by atoms with van der Waals surface area (Å²) in [5.41, 5.74) is 5.69. The summed E-state index contributed by atoms with van der Waals surface area (Å²) in [7, 11) is 0. The van der Waals surface area contributed by atoms with Crippen LogP contribution in [0.25, 0.3) is 0 Å². The Kier molecular flexibility index (Phi) is 1.25. The molecule has 0 aromatic carbocycles. The van der Waals surface area contributed by atoms with E-state index < -0.39 is 0 Å². The van der Waals surface area contributed by atoms with Gasteiger partial charge in [-0.05, 0) is 49.7 Å². The number of hydrogen-bond donors (Lipinski definition) is 0. The molecule has 0 atom stereocenters. The summed E-state index contributed by atoms with van der Waals surface area (Å²) in [5, 5.41) is 8.46. The van der Waals surface area contributed by atoms with E-state index in [1.165, 1.54) is 37.1 Å². The second-order valence-electron chi connectivity index (χ2n) is 3.76. The van der Waals surface area contributed by atoms with Gasteiger partial charge in [-0.1, -0.05) is 0 Å². The predicted molar refractivity (Wildman–Crippen MR) is 46.1 cm³/mol.